The smallest absolute Gasteiger partial charge is 0.356 e. The van der Waals surface area contributed by atoms with E-state index in [9.17, 15) is 9.59 Å². The molecule has 0 aromatic carbocycles. The fraction of sp³-hybridized carbons (Fsp3) is 0.438. The number of aryl methyl sites for hydroxylation is 2. The third-order valence-corrected chi connectivity index (χ3v) is 4.65. The molecular formula is C16H20N6O3. The molecule has 132 valence electrons. The molecule has 1 amide bonds. The third kappa shape index (κ3) is 2.92. The van der Waals surface area contributed by atoms with Gasteiger partial charge in [-0.3, -0.25) is 9.48 Å². The number of carbonyl (C=O) groups excluding carboxylic acids is 1. The highest BCUT2D eigenvalue weighted by Crippen LogP contribution is 2.36. The summed E-state index contributed by atoms with van der Waals surface area (Å²) >= 11 is 0. The van der Waals surface area contributed by atoms with Crippen LogP contribution >= 0.6 is 0 Å². The average molecular weight is 344 g/mol. The van der Waals surface area contributed by atoms with Crippen LogP contribution in [0.3, 0.4) is 0 Å². The van der Waals surface area contributed by atoms with Crippen LogP contribution in [-0.4, -0.2) is 54.7 Å². The molecule has 0 spiro atoms. The second-order valence-electron chi connectivity index (χ2n) is 6.20. The Hall–Kier alpha value is -2.97. The monoisotopic (exact) mass is 344 g/mol. The van der Waals surface area contributed by atoms with Crippen LogP contribution in [0.1, 0.15) is 39.9 Å². The van der Waals surface area contributed by atoms with E-state index in [-0.39, 0.29) is 23.7 Å². The molecule has 0 radical (unpaired) electrons. The molecule has 2 atom stereocenters. The van der Waals surface area contributed by atoms with Crippen LogP contribution in [0.15, 0.2) is 12.4 Å². The molecule has 2 N–H and O–H groups in total. The zero-order valence-corrected chi connectivity index (χ0v) is 14.5. The quantitative estimate of drug-likeness (QED) is 0.847. The van der Waals surface area contributed by atoms with Crippen LogP contribution in [0.5, 0.6) is 0 Å². The largest absolute Gasteiger partial charge is 0.476 e. The van der Waals surface area contributed by atoms with Crippen molar-refractivity contribution >= 4 is 17.7 Å². The SMILES string of the molecule is Cc1nn(C)c(C)c1[C@H]1[C@H](Nc2cnc(C(=O)O)cn2)CC(=O)N1C. The number of carbonyl (C=O) groups is 2. The molecule has 3 rings (SSSR count). The second-order valence-corrected chi connectivity index (χ2v) is 6.20. The maximum Gasteiger partial charge on any atom is 0.356 e. The van der Waals surface area contributed by atoms with Crippen LogP contribution < -0.4 is 5.32 Å². The van der Waals surface area contributed by atoms with Gasteiger partial charge in [0.1, 0.15) is 5.82 Å². The Kier molecular flexibility index (Phi) is 4.15. The van der Waals surface area contributed by atoms with Gasteiger partial charge in [-0.25, -0.2) is 14.8 Å². The minimum atomic E-state index is -1.13. The molecule has 0 aliphatic carbocycles. The lowest BCUT2D eigenvalue weighted by Gasteiger charge is -2.26. The highest BCUT2D eigenvalue weighted by molar-refractivity contribution is 5.85. The van der Waals surface area contributed by atoms with Gasteiger partial charge in [-0.15, -0.1) is 0 Å². The van der Waals surface area contributed by atoms with E-state index in [0.29, 0.717) is 12.2 Å². The Bertz CT molecular complexity index is 829. The Balaban J connectivity index is 1.91. The molecule has 1 saturated heterocycles. The molecule has 1 aliphatic heterocycles. The summed E-state index contributed by atoms with van der Waals surface area (Å²) in [7, 11) is 3.65. The molecule has 2 aromatic heterocycles. The summed E-state index contributed by atoms with van der Waals surface area (Å²) in [6, 6.07) is -0.383. The molecule has 1 fully saturated rings. The summed E-state index contributed by atoms with van der Waals surface area (Å²) in [5.41, 5.74) is 2.78. The predicted molar refractivity (Wildman–Crippen MR) is 89.2 cm³/mol. The minimum Gasteiger partial charge on any atom is -0.476 e. The molecule has 1 aliphatic rings. The summed E-state index contributed by atoms with van der Waals surface area (Å²) in [4.78, 5) is 32.8. The summed E-state index contributed by atoms with van der Waals surface area (Å²) in [6.45, 7) is 3.90. The normalized spacial score (nSPS) is 20.2. The van der Waals surface area contributed by atoms with E-state index in [4.69, 9.17) is 5.11 Å². The van der Waals surface area contributed by atoms with Crippen LogP contribution in [0.4, 0.5) is 5.82 Å². The first-order valence-corrected chi connectivity index (χ1v) is 7.87. The summed E-state index contributed by atoms with van der Waals surface area (Å²) in [5.74, 6) is -0.670. The lowest BCUT2D eigenvalue weighted by atomic mass is 9.98. The van der Waals surface area contributed by atoms with Crippen molar-refractivity contribution in [2.75, 3.05) is 12.4 Å². The van der Waals surface area contributed by atoms with Gasteiger partial charge < -0.3 is 15.3 Å². The maximum absolute atomic E-state index is 12.3. The van der Waals surface area contributed by atoms with Crippen molar-refractivity contribution in [3.8, 4) is 0 Å². The van der Waals surface area contributed by atoms with Crippen molar-refractivity contribution in [2.24, 2.45) is 7.05 Å². The van der Waals surface area contributed by atoms with Gasteiger partial charge in [0.2, 0.25) is 5.91 Å². The predicted octanol–water partition coefficient (Wildman–Crippen LogP) is 0.909. The van der Waals surface area contributed by atoms with Gasteiger partial charge in [0.15, 0.2) is 5.69 Å². The van der Waals surface area contributed by atoms with E-state index in [0.717, 1.165) is 17.0 Å². The van der Waals surface area contributed by atoms with E-state index in [1.807, 2.05) is 20.9 Å². The number of likely N-dealkylation sites (N-methyl/N-ethyl adjacent to an activating group) is 1. The zero-order chi connectivity index (χ0) is 18.3. The fourth-order valence-electron chi connectivity index (χ4n) is 3.31. The van der Waals surface area contributed by atoms with Crippen LogP contribution in [0.25, 0.3) is 0 Å². The maximum atomic E-state index is 12.3. The van der Waals surface area contributed by atoms with Crippen LogP contribution in [0, 0.1) is 13.8 Å². The van der Waals surface area contributed by atoms with Crippen molar-refractivity contribution < 1.29 is 14.7 Å². The number of nitrogens with zero attached hydrogens (tertiary/aromatic N) is 5. The van der Waals surface area contributed by atoms with Gasteiger partial charge in [-0.2, -0.15) is 5.10 Å². The summed E-state index contributed by atoms with van der Waals surface area (Å²) < 4.78 is 1.81. The molecule has 0 saturated carbocycles. The molecule has 0 unspecified atom stereocenters. The first-order chi connectivity index (χ1) is 11.8. The van der Waals surface area contributed by atoms with E-state index in [1.54, 1.807) is 16.6 Å². The number of aromatic nitrogens is 4. The Labute approximate surface area is 144 Å². The Morgan fingerprint density at radius 1 is 1.28 bits per heavy atom. The molecule has 2 aromatic rings. The van der Waals surface area contributed by atoms with Crippen LogP contribution in [-0.2, 0) is 11.8 Å². The van der Waals surface area contributed by atoms with Gasteiger partial charge in [-0.1, -0.05) is 0 Å². The number of anilines is 1. The zero-order valence-electron chi connectivity index (χ0n) is 14.5. The number of rotatable bonds is 4. The average Bonchev–Trinajstić information content (AvgIpc) is 2.96. The van der Waals surface area contributed by atoms with Gasteiger partial charge >= 0.3 is 5.97 Å². The minimum absolute atomic E-state index is 0.0280. The van der Waals surface area contributed by atoms with E-state index in [2.05, 4.69) is 20.4 Å². The second kappa shape index (κ2) is 6.15. The van der Waals surface area contributed by atoms with Gasteiger partial charge in [0, 0.05) is 31.8 Å². The summed E-state index contributed by atoms with van der Waals surface area (Å²) in [5, 5.41) is 16.6. The van der Waals surface area contributed by atoms with Crippen molar-refractivity contribution in [1.82, 2.24) is 24.6 Å². The number of hydrogen-bond donors (Lipinski definition) is 2. The van der Waals surface area contributed by atoms with E-state index in [1.165, 1.54) is 12.4 Å². The highest BCUT2D eigenvalue weighted by Gasteiger charge is 2.41. The standard InChI is InChI=1S/C16H20N6O3/c1-8-14(9(2)22(4)20-8)15-10(5-13(23)21(15)3)19-12-7-17-11(6-18-12)16(24)25/h6-7,10,15H,5H2,1-4H3,(H,18,19)(H,24,25)/t10-,15-/m1/s1. The Morgan fingerprint density at radius 2 is 2.00 bits per heavy atom. The highest BCUT2D eigenvalue weighted by atomic mass is 16.4. The van der Waals surface area contributed by atoms with Gasteiger partial charge in [0.05, 0.1) is 30.2 Å². The first-order valence-electron chi connectivity index (χ1n) is 7.87. The van der Waals surface area contributed by atoms with Crippen molar-refractivity contribution in [2.45, 2.75) is 32.4 Å². The number of aromatic carboxylic acids is 1. The Morgan fingerprint density at radius 3 is 2.52 bits per heavy atom. The first kappa shape index (κ1) is 16.9. The van der Waals surface area contributed by atoms with E-state index < -0.39 is 5.97 Å². The third-order valence-electron chi connectivity index (χ3n) is 4.65. The van der Waals surface area contributed by atoms with Crippen LogP contribution in [0.2, 0.25) is 0 Å². The van der Waals surface area contributed by atoms with Crippen molar-refractivity contribution in [1.29, 1.82) is 0 Å². The topological polar surface area (TPSA) is 113 Å². The van der Waals surface area contributed by atoms with Gasteiger partial charge in [-0.05, 0) is 13.8 Å². The molecular weight excluding hydrogens is 324 g/mol. The molecule has 9 nitrogen and oxygen atoms in total. The number of hydrogen-bond acceptors (Lipinski definition) is 6. The number of amides is 1. The number of carboxylic acid groups (broad SMARTS) is 1. The fourth-order valence-corrected chi connectivity index (χ4v) is 3.31. The lowest BCUT2D eigenvalue weighted by molar-refractivity contribution is -0.127. The summed E-state index contributed by atoms with van der Waals surface area (Å²) in [6.07, 6.45) is 2.88. The van der Waals surface area contributed by atoms with Crippen molar-refractivity contribution in [3.05, 3.63) is 35.0 Å². The number of nitrogens with one attached hydrogen (secondary N) is 1. The molecule has 25 heavy (non-hydrogen) atoms. The molecule has 3 heterocycles. The molecule has 0 bridgehead atoms. The van der Waals surface area contributed by atoms with Crippen molar-refractivity contribution in [3.63, 3.8) is 0 Å². The van der Waals surface area contributed by atoms with Gasteiger partial charge in [0.25, 0.3) is 0 Å². The lowest BCUT2D eigenvalue weighted by Crippen LogP contribution is -2.31. The number of carboxylic acids is 1. The number of likely N-dealkylation sites (tertiary alicyclic amines) is 1. The van der Waals surface area contributed by atoms with E-state index >= 15 is 0 Å². The molecule has 9 heteroatoms.